The van der Waals surface area contributed by atoms with Gasteiger partial charge in [0.15, 0.2) is 0 Å². The van der Waals surface area contributed by atoms with E-state index in [0.717, 1.165) is 31.1 Å². The molecule has 2 rings (SSSR count). The van der Waals surface area contributed by atoms with Crippen molar-refractivity contribution in [1.82, 2.24) is 9.97 Å². The van der Waals surface area contributed by atoms with E-state index in [4.69, 9.17) is 5.73 Å². The lowest BCUT2D eigenvalue weighted by atomic mass is 10.1. The second kappa shape index (κ2) is 6.32. The quantitative estimate of drug-likeness (QED) is 0.744. The Balaban J connectivity index is 1.97. The number of hydrogen-bond acceptors (Lipinski definition) is 6. The molecule has 0 bridgehead atoms. The fourth-order valence-electron chi connectivity index (χ4n) is 2.15. The summed E-state index contributed by atoms with van der Waals surface area (Å²) in [6, 6.07) is 1.93. The van der Waals surface area contributed by atoms with Crippen LogP contribution in [0.2, 0.25) is 0 Å². The highest BCUT2D eigenvalue weighted by molar-refractivity contribution is 8.00. The van der Waals surface area contributed by atoms with Crippen LogP contribution in [-0.2, 0) is 0 Å². The lowest BCUT2D eigenvalue weighted by Gasteiger charge is -2.23. The maximum absolute atomic E-state index is 5.74. The standard InChI is InChI=1S/C13H23N5S/c1-3-6-15-10-8-11(18-12(14)17-10)16-9-13(2)5-4-7-19-13/h8H,3-7,9H2,1-2H3,(H4,14,15,16,17,18). The topological polar surface area (TPSA) is 75.9 Å². The third kappa shape index (κ3) is 4.16. The van der Waals surface area contributed by atoms with Crippen molar-refractivity contribution in [3.05, 3.63) is 6.07 Å². The molecule has 1 saturated heterocycles. The summed E-state index contributed by atoms with van der Waals surface area (Å²) in [6.45, 7) is 6.23. The van der Waals surface area contributed by atoms with Crippen molar-refractivity contribution in [2.45, 2.75) is 37.9 Å². The average molecular weight is 281 g/mol. The number of nitrogens with one attached hydrogen (secondary N) is 2. The van der Waals surface area contributed by atoms with Crippen LogP contribution in [0.3, 0.4) is 0 Å². The van der Waals surface area contributed by atoms with Crippen molar-refractivity contribution >= 4 is 29.3 Å². The van der Waals surface area contributed by atoms with E-state index >= 15 is 0 Å². The van der Waals surface area contributed by atoms with Gasteiger partial charge >= 0.3 is 0 Å². The van der Waals surface area contributed by atoms with Crippen LogP contribution in [-0.4, -0.2) is 33.6 Å². The summed E-state index contributed by atoms with van der Waals surface area (Å²) in [5.41, 5.74) is 5.74. The minimum atomic E-state index is 0.313. The molecule has 0 saturated carbocycles. The van der Waals surface area contributed by atoms with Crippen LogP contribution in [0, 0.1) is 0 Å². The van der Waals surface area contributed by atoms with E-state index in [1.54, 1.807) is 0 Å². The molecular weight excluding hydrogens is 258 g/mol. The first-order chi connectivity index (χ1) is 9.11. The minimum Gasteiger partial charge on any atom is -0.370 e. The summed E-state index contributed by atoms with van der Waals surface area (Å²) < 4.78 is 0.316. The highest BCUT2D eigenvalue weighted by Gasteiger charge is 2.29. The van der Waals surface area contributed by atoms with Gasteiger partial charge in [0.25, 0.3) is 0 Å². The molecule has 1 atom stereocenters. The number of hydrogen-bond donors (Lipinski definition) is 3. The zero-order valence-electron chi connectivity index (χ0n) is 11.7. The van der Waals surface area contributed by atoms with E-state index in [2.05, 4.69) is 34.4 Å². The third-order valence-corrected chi connectivity index (χ3v) is 4.78. The predicted octanol–water partition coefficient (Wildman–Crippen LogP) is 2.58. The lowest BCUT2D eigenvalue weighted by molar-refractivity contribution is 0.633. The Morgan fingerprint density at radius 3 is 2.74 bits per heavy atom. The molecule has 0 amide bonds. The van der Waals surface area contributed by atoms with Gasteiger partial charge in [-0.3, -0.25) is 0 Å². The summed E-state index contributed by atoms with van der Waals surface area (Å²) in [6.07, 6.45) is 3.62. The van der Waals surface area contributed by atoms with E-state index in [-0.39, 0.29) is 0 Å². The zero-order valence-corrected chi connectivity index (χ0v) is 12.5. The number of aromatic nitrogens is 2. The molecule has 4 N–H and O–H groups in total. The Bertz CT molecular complexity index is 417. The Labute approximate surface area is 119 Å². The highest BCUT2D eigenvalue weighted by atomic mass is 32.2. The normalized spacial score (nSPS) is 22.4. The number of thioether (sulfide) groups is 1. The van der Waals surface area contributed by atoms with Crippen LogP contribution in [0.25, 0.3) is 0 Å². The van der Waals surface area contributed by atoms with Crippen LogP contribution in [0.1, 0.15) is 33.1 Å². The molecule has 1 aromatic heterocycles. The van der Waals surface area contributed by atoms with Crippen molar-refractivity contribution in [3.63, 3.8) is 0 Å². The van der Waals surface area contributed by atoms with E-state index in [1.807, 2.05) is 17.8 Å². The van der Waals surface area contributed by atoms with Gasteiger partial charge in [0.1, 0.15) is 11.6 Å². The van der Waals surface area contributed by atoms with E-state index in [1.165, 1.54) is 18.6 Å². The number of nitrogens with two attached hydrogens (primary N) is 1. The number of nitrogens with zero attached hydrogens (tertiary/aromatic N) is 2. The van der Waals surface area contributed by atoms with Gasteiger partial charge in [0.05, 0.1) is 0 Å². The Kier molecular flexibility index (Phi) is 4.74. The summed E-state index contributed by atoms with van der Waals surface area (Å²) in [7, 11) is 0. The summed E-state index contributed by atoms with van der Waals surface area (Å²) >= 11 is 2.03. The Morgan fingerprint density at radius 2 is 2.11 bits per heavy atom. The molecular formula is C13H23N5S. The fourth-order valence-corrected chi connectivity index (χ4v) is 3.40. The van der Waals surface area contributed by atoms with Crippen LogP contribution in [0.15, 0.2) is 6.07 Å². The first-order valence-electron chi connectivity index (χ1n) is 6.87. The van der Waals surface area contributed by atoms with Crippen molar-refractivity contribution in [2.24, 2.45) is 0 Å². The molecule has 6 heteroatoms. The second-order valence-electron chi connectivity index (χ2n) is 5.18. The maximum Gasteiger partial charge on any atom is 0.223 e. The Morgan fingerprint density at radius 1 is 1.37 bits per heavy atom. The van der Waals surface area contributed by atoms with Gasteiger partial charge < -0.3 is 16.4 Å². The van der Waals surface area contributed by atoms with Gasteiger partial charge in [0.2, 0.25) is 5.95 Å². The smallest absolute Gasteiger partial charge is 0.223 e. The van der Waals surface area contributed by atoms with Crippen LogP contribution >= 0.6 is 11.8 Å². The number of nitrogen functional groups attached to an aromatic ring is 1. The van der Waals surface area contributed by atoms with Crippen molar-refractivity contribution in [3.8, 4) is 0 Å². The monoisotopic (exact) mass is 281 g/mol. The molecule has 0 aromatic carbocycles. The van der Waals surface area contributed by atoms with E-state index in [0.29, 0.717) is 10.7 Å². The van der Waals surface area contributed by atoms with Gasteiger partial charge in [0, 0.05) is 23.9 Å². The zero-order chi connectivity index (χ0) is 13.7. The van der Waals surface area contributed by atoms with Crippen molar-refractivity contribution < 1.29 is 0 Å². The fraction of sp³-hybridized carbons (Fsp3) is 0.692. The maximum atomic E-state index is 5.74. The molecule has 1 fully saturated rings. The predicted molar refractivity (Wildman–Crippen MR) is 83.8 cm³/mol. The molecule has 1 unspecified atom stereocenters. The van der Waals surface area contributed by atoms with Gasteiger partial charge in [-0.15, -0.1) is 0 Å². The van der Waals surface area contributed by atoms with E-state index in [9.17, 15) is 0 Å². The van der Waals surface area contributed by atoms with Crippen LogP contribution < -0.4 is 16.4 Å². The molecule has 106 valence electrons. The largest absolute Gasteiger partial charge is 0.370 e. The molecule has 5 nitrogen and oxygen atoms in total. The molecule has 0 aliphatic carbocycles. The molecule has 2 heterocycles. The molecule has 1 aliphatic heterocycles. The number of rotatable bonds is 6. The van der Waals surface area contributed by atoms with Gasteiger partial charge in [-0.2, -0.15) is 21.7 Å². The van der Waals surface area contributed by atoms with Crippen LogP contribution in [0.4, 0.5) is 17.6 Å². The first kappa shape index (κ1) is 14.2. The lowest BCUT2D eigenvalue weighted by Crippen LogP contribution is -2.27. The molecule has 1 aliphatic rings. The first-order valence-corrected chi connectivity index (χ1v) is 7.86. The minimum absolute atomic E-state index is 0.313. The summed E-state index contributed by atoms with van der Waals surface area (Å²) in [5, 5.41) is 6.63. The summed E-state index contributed by atoms with van der Waals surface area (Å²) in [5.74, 6) is 3.17. The molecule has 1 aromatic rings. The van der Waals surface area contributed by atoms with Gasteiger partial charge in [-0.05, 0) is 31.9 Å². The van der Waals surface area contributed by atoms with Gasteiger partial charge in [-0.25, -0.2) is 0 Å². The Hall–Kier alpha value is -1.17. The van der Waals surface area contributed by atoms with E-state index < -0.39 is 0 Å². The third-order valence-electron chi connectivity index (χ3n) is 3.24. The van der Waals surface area contributed by atoms with Gasteiger partial charge in [-0.1, -0.05) is 6.92 Å². The second-order valence-corrected chi connectivity index (χ2v) is 6.86. The average Bonchev–Trinajstić information content (AvgIpc) is 2.81. The molecule has 0 spiro atoms. The SMILES string of the molecule is CCCNc1cc(NCC2(C)CCCS2)nc(N)n1. The highest BCUT2D eigenvalue weighted by Crippen LogP contribution is 2.37. The van der Waals surface area contributed by atoms with Crippen molar-refractivity contribution in [2.75, 3.05) is 35.2 Å². The van der Waals surface area contributed by atoms with Crippen molar-refractivity contribution in [1.29, 1.82) is 0 Å². The van der Waals surface area contributed by atoms with Crippen LogP contribution in [0.5, 0.6) is 0 Å². The summed E-state index contributed by atoms with van der Waals surface area (Å²) in [4.78, 5) is 8.42. The molecule has 19 heavy (non-hydrogen) atoms. The number of anilines is 3. The molecule has 0 radical (unpaired) electrons.